The summed E-state index contributed by atoms with van der Waals surface area (Å²) >= 11 is 17.0. The molecular weight excluding hydrogens is 228 g/mol. The highest BCUT2D eigenvalue weighted by molar-refractivity contribution is 8.11. The van der Waals surface area contributed by atoms with Crippen molar-refractivity contribution in [3.05, 3.63) is 0 Å². The van der Waals surface area contributed by atoms with Crippen molar-refractivity contribution in [2.24, 2.45) is 0 Å². The number of thiocarbonyl (C=S) groups is 2. The third kappa shape index (κ3) is 16.8. The van der Waals surface area contributed by atoms with Crippen molar-refractivity contribution in [1.29, 1.82) is 0 Å². The maximum Gasteiger partial charge on any atom is 0.130 e. The van der Waals surface area contributed by atoms with Crippen LogP contribution in [-0.4, -0.2) is 21.7 Å². The van der Waals surface area contributed by atoms with Crippen molar-refractivity contribution in [3.8, 4) is 0 Å². The first-order chi connectivity index (χ1) is 5.63. The van der Waals surface area contributed by atoms with Gasteiger partial charge in [-0.25, -0.2) is 0 Å². The Labute approximate surface area is 95.7 Å². The van der Waals surface area contributed by atoms with E-state index in [1.165, 1.54) is 0 Å². The molecule has 0 aliphatic rings. The Morgan fingerprint density at radius 1 is 1.00 bits per heavy atom. The smallest absolute Gasteiger partial charge is 0.130 e. The van der Waals surface area contributed by atoms with Gasteiger partial charge in [0.25, 0.3) is 0 Å². The molecule has 0 fully saturated rings. The van der Waals surface area contributed by atoms with Crippen molar-refractivity contribution in [2.75, 3.05) is 13.1 Å². The Morgan fingerprint density at radius 2 is 1.25 bits per heavy atom. The van der Waals surface area contributed by atoms with E-state index in [1.54, 1.807) is 0 Å². The zero-order valence-corrected chi connectivity index (χ0v) is 10.5. The molecule has 0 heterocycles. The first kappa shape index (κ1) is 15.0. The lowest BCUT2D eigenvalue weighted by atomic mass is 10.6. The molecule has 6 heteroatoms. The van der Waals surface area contributed by atoms with E-state index in [9.17, 15) is 0 Å². The van der Waals surface area contributed by atoms with Crippen molar-refractivity contribution < 1.29 is 0 Å². The fraction of sp³-hybridized carbons (Fsp3) is 0.667. The molecule has 0 radical (unpaired) electrons. The van der Waals surface area contributed by atoms with Gasteiger partial charge in [0.1, 0.15) is 8.64 Å². The molecule has 0 aromatic heterocycles. The largest absolute Gasteiger partial charge is 0.369 e. The Kier molecular flexibility index (Phi) is 14.3. The van der Waals surface area contributed by atoms with Gasteiger partial charge in [-0.1, -0.05) is 38.3 Å². The van der Waals surface area contributed by atoms with Crippen LogP contribution in [0.3, 0.4) is 0 Å². The van der Waals surface area contributed by atoms with Gasteiger partial charge in [-0.05, 0) is 0 Å². The van der Waals surface area contributed by atoms with Crippen LogP contribution >= 0.6 is 49.7 Å². The van der Waals surface area contributed by atoms with E-state index in [4.69, 9.17) is 0 Å². The summed E-state index contributed by atoms with van der Waals surface area (Å²) in [6.07, 6.45) is 0. The van der Waals surface area contributed by atoms with Crippen LogP contribution in [0.5, 0.6) is 0 Å². The normalized spacial score (nSPS) is 7.67. The van der Waals surface area contributed by atoms with E-state index in [1.807, 2.05) is 13.8 Å². The molecule has 0 amide bonds. The number of thiol groups is 2. The molecule has 0 aliphatic heterocycles. The molecule has 2 nitrogen and oxygen atoms in total. The van der Waals surface area contributed by atoms with Gasteiger partial charge in [-0.15, -0.1) is 25.3 Å². The Balaban J connectivity index is 0. The van der Waals surface area contributed by atoms with Crippen molar-refractivity contribution >= 4 is 58.3 Å². The summed E-state index contributed by atoms with van der Waals surface area (Å²) in [6, 6.07) is 0. The van der Waals surface area contributed by atoms with Crippen LogP contribution in [0.25, 0.3) is 0 Å². The van der Waals surface area contributed by atoms with E-state index in [2.05, 4.69) is 60.3 Å². The summed E-state index contributed by atoms with van der Waals surface area (Å²) in [7, 11) is 0. The minimum absolute atomic E-state index is 0.492. The summed E-state index contributed by atoms with van der Waals surface area (Å²) in [6.45, 7) is 5.42. The highest BCUT2D eigenvalue weighted by Crippen LogP contribution is 1.77. The monoisotopic (exact) mass is 242 g/mol. The van der Waals surface area contributed by atoms with Gasteiger partial charge in [-0.3, -0.25) is 0 Å². The lowest BCUT2D eigenvalue weighted by Crippen LogP contribution is -2.29. The highest BCUT2D eigenvalue weighted by Gasteiger charge is 1.87. The van der Waals surface area contributed by atoms with Gasteiger partial charge >= 0.3 is 0 Å². The molecule has 0 aromatic rings. The minimum atomic E-state index is 0.492. The molecule has 2 N–H and O–H groups in total. The van der Waals surface area contributed by atoms with Crippen LogP contribution < -0.4 is 10.6 Å². The third-order valence-electron chi connectivity index (χ3n) is 0.677. The van der Waals surface area contributed by atoms with E-state index < -0.39 is 0 Å². The van der Waals surface area contributed by atoms with Gasteiger partial charge in [0.05, 0.1) is 0 Å². The number of hydrogen-bond acceptors (Lipinski definition) is 2. The maximum absolute atomic E-state index is 4.65. The number of nitrogens with one attached hydrogen (secondary N) is 2. The third-order valence-corrected chi connectivity index (χ3v) is 1.28. The molecule has 0 spiro atoms. The van der Waals surface area contributed by atoms with Crippen LogP contribution in [0.15, 0.2) is 0 Å². The van der Waals surface area contributed by atoms with Crippen molar-refractivity contribution in [2.45, 2.75) is 13.8 Å². The molecule has 0 saturated heterocycles. The first-order valence-corrected chi connectivity index (χ1v) is 5.27. The lowest BCUT2D eigenvalue weighted by molar-refractivity contribution is 0.834. The van der Waals surface area contributed by atoms with E-state index in [0.29, 0.717) is 21.7 Å². The summed E-state index contributed by atoms with van der Waals surface area (Å²) in [5.74, 6) is 0. The van der Waals surface area contributed by atoms with Crippen molar-refractivity contribution in [3.63, 3.8) is 0 Å². The maximum atomic E-state index is 4.65. The van der Waals surface area contributed by atoms with Crippen LogP contribution in [-0.2, 0) is 0 Å². The SMILES string of the molecule is CC.S=C(S)NCCNC(=S)S. The fourth-order valence-corrected chi connectivity index (χ4v) is 0.767. The quantitative estimate of drug-likeness (QED) is 0.343. The Hall–Kier alpha value is 0.480. The molecular formula is C6H14N2S4. The van der Waals surface area contributed by atoms with Gasteiger partial charge in [0.2, 0.25) is 0 Å². The molecule has 0 aliphatic carbocycles. The minimum Gasteiger partial charge on any atom is -0.369 e. The second-order valence-electron chi connectivity index (χ2n) is 1.46. The zero-order valence-electron chi connectivity index (χ0n) is 7.13. The first-order valence-electron chi connectivity index (χ1n) is 3.56. The second-order valence-corrected chi connectivity index (χ2v) is 3.78. The zero-order chi connectivity index (χ0) is 9.98. The molecule has 12 heavy (non-hydrogen) atoms. The molecule has 0 aromatic carbocycles. The van der Waals surface area contributed by atoms with Gasteiger partial charge in [-0.2, -0.15) is 0 Å². The van der Waals surface area contributed by atoms with Crippen LogP contribution in [0.1, 0.15) is 13.8 Å². The van der Waals surface area contributed by atoms with E-state index in [-0.39, 0.29) is 0 Å². The molecule has 0 saturated carbocycles. The standard InChI is InChI=1S/C4H8N2S4.C2H6/c7-3(8)5-1-2-6-4(9)10;1-2/h1-2H2,(H2,5,7,8)(H2,6,9,10);1-2H3. The summed E-state index contributed by atoms with van der Waals surface area (Å²) in [4.78, 5) is 0. The van der Waals surface area contributed by atoms with Crippen LogP contribution in [0.4, 0.5) is 0 Å². The average Bonchev–Trinajstić information content (AvgIpc) is 2.02. The van der Waals surface area contributed by atoms with Gasteiger partial charge < -0.3 is 10.6 Å². The number of hydrogen-bond donors (Lipinski definition) is 4. The van der Waals surface area contributed by atoms with Crippen LogP contribution in [0.2, 0.25) is 0 Å². The van der Waals surface area contributed by atoms with Gasteiger partial charge in [0.15, 0.2) is 0 Å². The number of rotatable bonds is 3. The molecule has 0 atom stereocenters. The topological polar surface area (TPSA) is 24.1 Å². The summed E-state index contributed by atoms with van der Waals surface area (Å²) in [5, 5.41) is 5.68. The predicted molar refractivity (Wildman–Crippen MR) is 70.5 cm³/mol. The van der Waals surface area contributed by atoms with Crippen LogP contribution in [0, 0.1) is 0 Å². The Morgan fingerprint density at radius 3 is 1.42 bits per heavy atom. The second kappa shape index (κ2) is 11.5. The lowest BCUT2D eigenvalue weighted by Gasteiger charge is -2.03. The molecule has 0 bridgehead atoms. The fourth-order valence-electron chi connectivity index (χ4n) is 0.339. The van der Waals surface area contributed by atoms with E-state index >= 15 is 0 Å². The van der Waals surface area contributed by atoms with Gasteiger partial charge in [0, 0.05) is 13.1 Å². The Bertz CT molecular complexity index is 122. The average molecular weight is 242 g/mol. The predicted octanol–water partition coefficient (Wildman–Crippen LogP) is 1.62. The molecule has 72 valence electrons. The molecule has 0 unspecified atom stereocenters. The summed E-state index contributed by atoms with van der Waals surface area (Å²) in [5.41, 5.74) is 0. The summed E-state index contributed by atoms with van der Waals surface area (Å²) < 4.78 is 0.985. The van der Waals surface area contributed by atoms with E-state index in [0.717, 1.165) is 0 Å². The highest BCUT2D eigenvalue weighted by atomic mass is 32.1. The van der Waals surface area contributed by atoms with Crippen molar-refractivity contribution in [1.82, 2.24) is 10.6 Å². The molecule has 0 rings (SSSR count).